The molecule has 7 heteroatoms. The van der Waals surface area contributed by atoms with Gasteiger partial charge < -0.3 is 0 Å². The van der Waals surface area contributed by atoms with Gasteiger partial charge in [-0.05, 0) is 25.0 Å². The van der Waals surface area contributed by atoms with Crippen LogP contribution in [0, 0.1) is 0 Å². The number of hydrogen-bond donors (Lipinski definition) is 1. The number of aromatic nitrogens is 1. The lowest BCUT2D eigenvalue weighted by Crippen LogP contribution is -2.33. The maximum atomic E-state index is 11.9. The second-order valence-corrected chi connectivity index (χ2v) is 5.64. The van der Waals surface area contributed by atoms with Crippen molar-refractivity contribution in [3.8, 4) is 0 Å². The molecule has 2 heterocycles. The summed E-state index contributed by atoms with van der Waals surface area (Å²) in [6.45, 7) is 1.16. The van der Waals surface area contributed by atoms with E-state index in [0.29, 0.717) is 18.8 Å². The topological polar surface area (TPSA) is 62.3 Å². The molecular formula is C9H12ClN3O2S. The van der Waals surface area contributed by atoms with E-state index in [9.17, 15) is 8.42 Å². The third-order valence-electron chi connectivity index (χ3n) is 2.38. The fourth-order valence-electron chi connectivity index (χ4n) is 1.61. The zero-order valence-corrected chi connectivity index (χ0v) is 10.1. The summed E-state index contributed by atoms with van der Waals surface area (Å²) in [5, 5.41) is 0.265. The minimum atomic E-state index is -3.43. The highest BCUT2D eigenvalue weighted by Gasteiger charge is 2.24. The molecule has 0 bridgehead atoms. The first-order valence-electron chi connectivity index (χ1n) is 4.97. The second kappa shape index (κ2) is 4.57. The Bertz CT molecular complexity index is 471. The molecule has 5 nitrogen and oxygen atoms in total. The van der Waals surface area contributed by atoms with Crippen LogP contribution in [0.1, 0.15) is 12.8 Å². The van der Waals surface area contributed by atoms with Crippen molar-refractivity contribution in [3.05, 3.63) is 23.5 Å². The van der Waals surface area contributed by atoms with Crippen molar-refractivity contribution < 1.29 is 8.42 Å². The average molecular weight is 262 g/mol. The predicted molar refractivity (Wildman–Crippen MR) is 62.6 cm³/mol. The van der Waals surface area contributed by atoms with Crippen LogP contribution >= 0.6 is 11.6 Å². The summed E-state index contributed by atoms with van der Waals surface area (Å²) in [5.41, 5.74) is 0.437. The van der Waals surface area contributed by atoms with Gasteiger partial charge in [-0.1, -0.05) is 11.6 Å². The van der Waals surface area contributed by atoms with Gasteiger partial charge in [-0.2, -0.15) is 12.7 Å². The summed E-state index contributed by atoms with van der Waals surface area (Å²) < 4.78 is 27.6. The first kappa shape index (κ1) is 11.6. The van der Waals surface area contributed by atoms with Crippen molar-refractivity contribution in [2.24, 2.45) is 0 Å². The monoisotopic (exact) mass is 261 g/mol. The Labute approximate surface area is 99.6 Å². The van der Waals surface area contributed by atoms with E-state index in [4.69, 9.17) is 11.6 Å². The molecule has 1 saturated heterocycles. The van der Waals surface area contributed by atoms with Crippen LogP contribution in [0.4, 0.5) is 5.69 Å². The van der Waals surface area contributed by atoms with E-state index in [1.165, 1.54) is 16.6 Å². The summed E-state index contributed by atoms with van der Waals surface area (Å²) in [5.74, 6) is 0. The van der Waals surface area contributed by atoms with Crippen LogP contribution in [0.3, 0.4) is 0 Å². The molecule has 0 unspecified atom stereocenters. The van der Waals surface area contributed by atoms with Crippen LogP contribution in [0.25, 0.3) is 0 Å². The Balaban J connectivity index is 2.14. The lowest BCUT2D eigenvalue weighted by atomic mass is 10.4. The van der Waals surface area contributed by atoms with E-state index in [2.05, 4.69) is 9.71 Å². The number of halogens is 1. The van der Waals surface area contributed by atoms with E-state index >= 15 is 0 Å². The van der Waals surface area contributed by atoms with E-state index in [1.807, 2.05) is 0 Å². The Kier molecular flexibility index (Phi) is 3.32. The van der Waals surface area contributed by atoms with Crippen molar-refractivity contribution >= 4 is 27.5 Å². The molecule has 16 heavy (non-hydrogen) atoms. The molecule has 0 spiro atoms. The number of pyridine rings is 1. The van der Waals surface area contributed by atoms with Gasteiger partial charge in [0, 0.05) is 19.3 Å². The van der Waals surface area contributed by atoms with Gasteiger partial charge in [0.1, 0.15) is 5.15 Å². The van der Waals surface area contributed by atoms with Gasteiger partial charge in [0.15, 0.2) is 0 Å². The first-order valence-corrected chi connectivity index (χ1v) is 6.79. The Morgan fingerprint density at radius 2 is 2.06 bits per heavy atom. The van der Waals surface area contributed by atoms with Gasteiger partial charge >= 0.3 is 10.2 Å². The highest BCUT2D eigenvalue weighted by atomic mass is 35.5. The molecule has 1 aliphatic heterocycles. The molecule has 1 aliphatic rings. The SMILES string of the molecule is O=S(=O)(Nc1ccnc(Cl)c1)N1CCCC1. The van der Waals surface area contributed by atoms with E-state index in [0.717, 1.165) is 12.8 Å². The Morgan fingerprint density at radius 3 is 2.69 bits per heavy atom. The maximum absolute atomic E-state index is 11.9. The molecule has 1 aromatic heterocycles. The zero-order chi connectivity index (χ0) is 11.6. The number of nitrogens with zero attached hydrogens (tertiary/aromatic N) is 2. The Hall–Kier alpha value is -0.850. The van der Waals surface area contributed by atoms with Crippen molar-refractivity contribution in [2.75, 3.05) is 17.8 Å². The summed E-state index contributed by atoms with van der Waals surface area (Å²) in [7, 11) is -3.43. The van der Waals surface area contributed by atoms with Crippen molar-refractivity contribution in [1.82, 2.24) is 9.29 Å². The molecule has 1 N–H and O–H groups in total. The number of hydrogen-bond acceptors (Lipinski definition) is 3. The molecule has 2 rings (SSSR count). The van der Waals surface area contributed by atoms with E-state index in [-0.39, 0.29) is 5.15 Å². The van der Waals surface area contributed by atoms with Crippen LogP contribution in [0.2, 0.25) is 5.15 Å². The molecule has 0 atom stereocenters. The van der Waals surface area contributed by atoms with Crippen LogP contribution in [-0.4, -0.2) is 30.8 Å². The van der Waals surface area contributed by atoms with E-state index < -0.39 is 10.2 Å². The number of anilines is 1. The summed E-state index contributed by atoms with van der Waals surface area (Å²) in [6, 6.07) is 3.05. The molecule has 1 fully saturated rings. The maximum Gasteiger partial charge on any atom is 0.301 e. The molecule has 0 aliphatic carbocycles. The van der Waals surface area contributed by atoms with Crippen LogP contribution in [0.5, 0.6) is 0 Å². The van der Waals surface area contributed by atoms with Crippen LogP contribution < -0.4 is 4.72 Å². The largest absolute Gasteiger partial charge is 0.301 e. The smallest absolute Gasteiger partial charge is 0.271 e. The highest BCUT2D eigenvalue weighted by molar-refractivity contribution is 7.90. The van der Waals surface area contributed by atoms with Crippen molar-refractivity contribution in [3.63, 3.8) is 0 Å². The molecule has 0 amide bonds. The van der Waals surface area contributed by atoms with Gasteiger partial charge in [-0.3, -0.25) is 4.72 Å². The normalized spacial score (nSPS) is 17.6. The molecule has 0 aromatic carbocycles. The quantitative estimate of drug-likeness (QED) is 0.839. The highest BCUT2D eigenvalue weighted by Crippen LogP contribution is 2.18. The number of nitrogens with one attached hydrogen (secondary N) is 1. The third kappa shape index (κ3) is 2.63. The van der Waals surface area contributed by atoms with Gasteiger partial charge in [0.2, 0.25) is 0 Å². The lowest BCUT2D eigenvalue weighted by Gasteiger charge is -2.16. The fraction of sp³-hybridized carbons (Fsp3) is 0.444. The van der Waals surface area contributed by atoms with Crippen LogP contribution in [-0.2, 0) is 10.2 Å². The average Bonchev–Trinajstić information content (AvgIpc) is 2.69. The van der Waals surface area contributed by atoms with Crippen LogP contribution in [0.15, 0.2) is 18.3 Å². The number of rotatable bonds is 3. The third-order valence-corrected chi connectivity index (χ3v) is 4.12. The summed E-state index contributed by atoms with van der Waals surface area (Å²) >= 11 is 5.67. The van der Waals surface area contributed by atoms with Gasteiger partial charge in [-0.15, -0.1) is 0 Å². The zero-order valence-electron chi connectivity index (χ0n) is 8.56. The molecule has 0 radical (unpaired) electrons. The molecular weight excluding hydrogens is 250 g/mol. The lowest BCUT2D eigenvalue weighted by molar-refractivity contribution is 0.482. The van der Waals surface area contributed by atoms with Crippen molar-refractivity contribution in [2.45, 2.75) is 12.8 Å². The van der Waals surface area contributed by atoms with Gasteiger partial charge in [-0.25, -0.2) is 4.98 Å². The minimum Gasteiger partial charge on any atom is -0.271 e. The minimum absolute atomic E-state index is 0.265. The van der Waals surface area contributed by atoms with E-state index in [1.54, 1.807) is 6.07 Å². The Morgan fingerprint density at radius 1 is 1.38 bits per heavy atom. The summed E-state index contributed by atoms with van der Waals surface area (Å²) in [6.07, 6.45) is 3.29. The molecule has 1 aromatic rings. The van der Waals surface area contributed by atoms with Gasteiger partial charge in [0.05, 0.1) is 5.69 Å². The molecule has 88 valence electrons. The van der Waals surface area contributed by atoms with Gasteiger partial charge in [0.25, 0.3) is 0 Å². The molecule has 0 saturated carbocycles. The predicted octanol–water partition coefficient (Wildman–Crippen LogP) is 1.49. The first-order chi connectivity index (χ1) is 7.58. The standard InChI is InChI=1S/C9H12ClN3O2S/c10-9-7-8(3-4-11-9)12-16(14,15)13-5-1-2-6-13/h3-4,7H,1-2,5-6H2,(H,11,12). The summed E-state index contributed by atoms with van der Waals surface area (Å²) in [4.78, 5) is 3.78. The van der Waals surface area contributed by atoms with Crippen molar-refractivity contribution in [1.29, 1.82) is 0 Å². The fourth-order valence-corrected chi connectivity index (χ4v) is 3.07. The second-order valence-electron chi connectivity index (χ2n) is 3.58.